The molecule has 38 heavy (non-hydrogen) atoms. The van der Waals surface area contributed by atoms with E-state index in [0.29, 0.717) is 5.69 Å². The third-order valence-corrected chi connectivity index (χ3v) is 9.72. The minimum atomic E-state index is -1.28. The van der Waals surface area contributed by atoms with Crippen LogP contribution in [0, 0.1) is 11.8 Å². The van der Waals surface area contributed by atoms with Gasteiger partial charge in [-0.3, -0.25) is 19.3 Å². The summed E-state index contributed by atoms with van der Waals surface area (Å²) in [5.41, 5.74) is 3.53. The molecule has 0 radical (unpaired) electrons. The Bertz CT molecular complexity index is 1570. The van der Waals surface area contributed by atoms with E-state index in [1.54, 1.807) is 13.0 Å². The number of alkyl halides is 2. The Hall–Kier alpha value is -3.67. The normalized spacial score (nSPS) is 27.6. The molecule has 188 valence electrons. The number of anilines is 1. The molecule has 1 N–H and O–H groups in total. The number of nitrogens with one attached hydrogen (secondary N) is 1. The van der Waals surface area contributed by atoms with E-state index < -0.39 is 45.3 Å². The SMILES string of the molecule is C[C@H](C(=O)Nc1cccc2ccccc12)N1C(=O)[C@@H]2[C@H](C1=O)C1(Cl)c3ccccc3C2(Cl)c2ccccc21. The van der Waals surface area contributed by atoms with Gasteiger partial charge in [-0.15, -0.1) is 23.2 Å². The van der Waals surface area contributed by atoms with E-state index in [0.717, 1.165) is 37.9 Å². The highest BCUT2D eigenvalue weighted by atomic mass is 35.5. The molecular formula is C31H22Cl2N2O3. The maximum Gasteiger partial charge on any atom is 0.247 e. The smallest absolute Gasteiger partial charge is 0.247 e. The van der Waals surface area contributed by atoms with Crippen molar-refractivity contribution in [2.45, 2.75) is 22.7 Å². The van der Waals surface area contributed by atoms with Crippen molar-refractivity contribution in [3.63, 3.8) is 0 Å². The number of hydrogen-bond donors (Lipinski definition) is 1. The minimum Gasteiger partial charge on any atom is -0.324 e. The Morgan fingerprint density at radius 3 is 1.71 bits per heavy atom. The van der Waals surface area contributed by atoms with E-state index in [4.69, 9.17) is 23.2 Å². The van der Waals surface area contributed by atoms with Crippen molar-refractivity contribution < 1.29 is 14.4 Å². The lowest BCUT2D eigenvalue weighted by Crippen LogP contribution is -2.57. The summed E-state index contributed by atoms with van der Waals surface area (Å²) in [5.74, 6) is -3.30. The second-order valence-electron chi connectivity index (χ2n) is 10.2. The summed E-state index contributed by atoms with van der Waals surface area (Å²) in [6, 6.07) is 27.2. The van der Waals surface area contributed by atoms with E-state index in [-0.39, 0.29) is 0 Å². The maximum absolute atomic E-state index is 14.1. The molecule has 4 aromatic rings. The van der Waals surface area contributed by atoms with Gasteiger partial charge in [0, 0.05) is 11.1 Å². The highest BCUT2D eigenvalue weighted by Gasteiger charge is 2.73. The molecule has 7 heteroatoms. The van der Waals surface area contributed by atoms with Gasteiger partial charge in [-0.1, -0.05) is 84.9 Å². The van der Waals surface area contributed by atoms with Gasteiger partial charge in [-0.05, 0) is 40.6 Å². The molecular weight excluding hydrogens is 519 g/mol. The van der Waals surface area contributed by atoms with Crippen LogP contribution in [0.1, 0.15) is 29.2 Å². The van der Waals surface area contributed by atoms with Crippen molar-refractivity contribution >= 4 is 57.4 Å². The van der Waals surface area contributed by atoms with Crippen LogP contribution in [0.2, 0.25) is 0 Å². The number of carbonyl (C=O) groups excluding carboxylic acids is 3. The fraction of sp³-hybridized carbons (Fsp3) is 0.194. The van der Waals surface area contributed by atoms with Crippen LogP contribution in [0.3, 0.4) is 0 Å². The quantitative estimate of drug-likeness (QED) is 0.265. The molecule has 1 fully saturated rings. The molecule has 3 atom stereocenters. The molecule has 1 saturated heterocycles. The number of amides is 3. The number of carbonyl (C=O) groups is 3. The number of rotatable bonds is 3. The Kier molecular flexibility index (Phi) is 4.89. The molecule has 0 saturated carbocycles. The fourth-order valence-corrected chi connectivity index (χ4v) is 7.86. The van der Waals surface area contributed by atoms with Crippen molar-refractivity contribution in [2.24, 2.45) is 11.8 Å². The molecule has 4 aromatic carbocycles. The van der Waals surface area contributed by atoms with Crippen LogP contribution >= 0.6 is 23.2 Å². The van der Waals surface area contributed by atoms with Crippen LogP contribution in [-0.4, -0.2) is 28.7 Å². The summed E-state index contributed by atoms with van der Waals surface area (Å²) in [5, 5.41) is 4.76. The second kappa shape index (κ2) is 7.92. The zero-order valence-electron chi connectivity index (χ0n) is 20.3. The monoisotopic (exact) mass is 540 g/mol. The second-order valence-corrected chi connectivity index (χ2v) is 11.4. The predicted molar refractivity (Wildman–Crippen MR) is 147 cm³/mol. The van der Waals surface area contributed by atoms with Gasteiger partial charge < -0.3 is 5.32 Å². The van der Waals surface area contributed by atoms with Gasteiger partial charge in [0.15, 0.2) is 0 Å². The van der Waals surface area contributed by atoms with Crippen LogP contribution in [0.25, 0.3) is 10.8 Å². The third kappa shape index (κ3) is 2.75. The summed E-state index contributed by atoms with van der Waals surface area (Å²) >= 11 is 14.9. The summed E-state index contributed by atoms with van der Waals surface area (Å²) in [7, 11) is 0. The molecule has 3 amide bonds. The van der Waals surface area contributed by atoms with Crippen LogP contribution in [0.5, 0.6) is 0 Å². The zero-order chi connectivity index (χ0) is 26.4. The highest BCUT2D eigenvalue weighted by molar-refractivity contribution is 6.36. The molecule has 0 spiro atoms. The topological polar surface area (TPSA) is 66.5 Å². The summed E-state index contributed by atoms with van der Waals surface area (Å²) in [6.07, 6.45) is 0. The largest absolute Gasteiger partial charge is 0.324 e. The third-order valence-electron chi connectivity index (χ3n) is 8.43. The van der Waals surface area contributed by atoms with Gasteiger partial charge in [0.25, 0.3) is 0 Å². The number of benzene rings is 4. The van der Waals surface area contributed by atoms with Crippen molar-refractivity contribution in [1.29, 1.82) is 0 Å². The van der Waals surface area contributed by atoms with Crippen molar-refractivity contribution in [1.82, 2.24) is 4.90 Å². The Morgan fingerprint density at radius 1 is 0.737 bits per heavy atom. The minimum absolute atomic E-state index is 0.462. The number of imide groups is 1. The number of fused-ring (bicyclic) bond motifs is 1. The molecule has 3 aliphatic carbocycles. The van der Waals surface area contributed by atoms with Gasteiger partial charge in [0.2, 0.25) is 17.7 Å². The number of nitrogens with zero attached hydrogens (tertiary/aromatic N) is 1. The van der Waals surface area contributed by atoms with E-state index in [1.807, 2.05) is 84.9 Å². The first-order valence-corrected chi connectivity index (χ1v) is 13.3. The van der Waals surface area contributed by atoms with Crippen molar-refractivity contribution in [3.05, 3.63) is 113 Å². The Balaban J connectivity index is 1.31. The average Bonchev–Trinajstić information content (AvgIpc) is 3.22. The van der Waals surface area contributed by atoms with Crippen LogP contribution in [-0.2, 0) is 24.1 Å². The van der Waals surface area contributed by atoms with Crippen LogP contribution in [0.4, 0.5) is 5.69 Å². The lowest BCUT2D eigenvalue weighted by molar-refractivity contribution is -0.146. The molecule has 2 bridgehead atoms. The first kappa shape index (κ1) is 23.4. The highest BCUT2D eigenvalue weighted by Crippen LogP contribution is 2.69. The number of hydrogen-bond acceptors (Lipinski definition) is 3. The lowest BCUT2D eigenvalue weighted by Gasteiger charge is -2.54. The first-order chi connectivity index (χ1) is 18.3. The van der Waals surface area contributed by atoms with Gasteiger partial charge in [-0.2, -0.15) is 0 Å². The molecule has 8 rings (SSSR count). The van der Waals surface area contributed by atoms with E-state index in [1.165, 1.54) is 0 Å². The van der Waals surface area contributed by atoms with Gasteiger partial charge in [0.05, 0.1) is 11.8 Å². The first-order valence-electron chi connectivity index (χ1n) is 12.5. The van der Waals surface area contributed by atoms with Crippen molar-refractivity contribution in [3.8, 4) is 0 Å². The Labute approximate surface area is 229 Å². The molecule has 0 unspecified atom stereocenters. The molecule has 1 aliphatic heterocycles. The zero-order valence-corrected chi connectivity index (χ0v) is 21.8. The standard InChI is InChI=1S/C31H22Cl2N2O3/c1-17(27(36)34-24-16-8-10-18-9-2-3-11-19(18)24)35-28(37)25-26(29(35)38)31(33)21-13-5-4-12-20(21)30(25,32)22-14-6-7-15-23(22)31/h2-17,25-26H,1H3,(H,34,36)/t17-,25-,26+,30?,31?/m1/s1. The average molecular weight is 541 g/mol. The van der Waals surface area contributed by atoms with Crippen molar-refractivity contribution in [2.75, 3.05) is 5.32 Å². The van der Waals surface area contributed by atoms with E-state index >= 15 is 0 Å². The van der Waals surface area contributed by atoms with E-state index in [2.05, 4.69) is 5.32 Å². The predicted octanol–water partition coefficient (Wildman–Crippen LogP) is 5.76. The summed E-state index contributed by atoms with van der Waals surface area (Å²) in [4.78, 5) is 40.2. The maximum atomic E-state index is 14.1. The number of likely N-dealkylation sites (tertiary alicyclic amines) is 1. The number of halogens is 2. The molecule has 4 aliphatic rings. The molecule has 5 nitrogen and oxygen atoms in total. The molecule has 1 heterocycles. The fourth-order valence-electron chi connectivity index (χ4n) is 6.76. The van der Waals surface area contributed by atoms with Crippen LogP contribution < -0.4 is 5.32 Å². The summed E-state index contributed by atoms with van der Waals surface area (Å²) < 4.78 is 0. The van der Waals surface area contributed by atoms with E-state index in [9.17, 15) is 14.4 Å². The van der Waals surface area contributed by atoms with Crippen LogP contribution in [0.15, 0.2) is 91.0 Å². The lowest BCUT2D eigenvalue weighted by atomic mass is 9.54. The van der Waals surface area contributed by atoms with Gasteiger partial charge >= 0.3 is 0 Å². The summed E-state index contributed by atoms with van der Waals surface area (Å²) in [6.45, 7) is 1.57. The Morgan fingerprint density at radius 2 is 1.18 bits per heavy atom. The molecule has 0 aromatic heterocycles. The van der Waals surface area contributed by atoms with Gasteiger partial charge in [0.1, 0.15) is 15.8 Å². The van der Waals surface area contributed by atoms with Gasteiger partial charge in [-0.25, -0.2) is 0 Å².